The van der Waals surface area contributed by atoms with Crippen LogP contribution < -0.4 is 10.9 Å². The number of nitrogens with one attached hydrogen (secondary N) is 2. The molecule has 0 aliphatic heterocycles. The maximum atomic E-state index is 11.3. The Morgan fingerprint density at radius 2 is 1.93 bits per heavy atom. The Hall–Kier alpha value is -1.03. The molecule has 0 atom stereocenters. The lowest BCUT2D eigenvalue weighted by molar-refractivity contribution is -0.121. The van der Waals surface area contributed by atoms with E-state index in [-0.39, 0.29) is 5.91 Å². The van der Waals surface area contributed by atoms with Crippen molar-refractivity contribution < 1.29 is 4.79 Å². The first-order valence-electron chi connectivity index (χ1n) is 4.88. The molecule has 0 heterocycles. The van der Waals surface area contributed by atoms with Crippen molar-refractivity contribution in [2.24, 2.45) is 5.92 Å². The van der Waals surface area contributed by atoms with E-state index in [1.807, 2.05) is 38.1 Å². The number of anilines is 1. The van der Waals surface area contributed by atoms with Crippen LogP contribution in [0.15, 0.2) is 28.7 Å². The molecule has 15 heavy (non-hydrogen) atoms. The van der Waals surface area contributed by atoms with Crippen LogP contribution >= 0.6 is 15.9 Å². The van der Waals surface area contributed by atoms with Crippen LogP contribution in [0.3, 0.4) is 0 Å². The summed E-state index contributed by atoms with van der Waals surface area (Å²) >= 11 is 3.34. The zero-order valence-corrected chi connectivity index (χ0v) is 10.5. The van der Waals surface area contributed by atoms with Gasteiger partial charge in [-0.25, -0.2) is 0 Å². The highest BCUT2D eigenvalue weighted by molar-refractivity contribution is 9.10. The van der Waals surface area contributed by atoms with Gasteiger partial charge in [0.05, 0.1) is 5.69 Å². The summed E-state index contributed by atoms with van der Waals surface area (Å²) in [6, 6.07) is 7.60. The number of amides is 1. The first kappa shape index (κ1) is 12.0. The maximum Gasteiger partial charge on any atom is 0.238 e. The second kappa shape index (κ2) is 5.75. The van der Waals surface area contributed by atoms with Gasteiger partial charge in [0, 0.05) is 10.9 Å². The SMILES string of the molecule is CC(C)CC(=O)NNc1ccc(Br)cc1. The van der Waals surface area contributed by atoms with Crippen molar-refractivity contribution in [3.05, 3.63) is 28.7 Å². The van der Waals surface area contributed by atoms with Gasteiger partial charge in [-0.2, -0.15) is 0 Å². The van der Waals surface area contributed by atoms with Crippen LogP contribution in [0.1, 0.15) is 20.3 Å². The number of halogens is 1. The normalized spacial score (nSPS) is 10.1. The van der Waals surface area contributed by atoms with Gasteiger partial charge < -0.3 is 0 Å². The van der Waals surface area contributed by atoms with Gasteiger partial charge in [0.1, 0.15) is 0 Å². The van der Waals surface area contributed by atoms with Crippen molar-refractivity contribution in [1.29, 1.82) is 0 Å². The smallest absolute Gasteiger partial charge is 0.238 e. The molecule has 1 aromatic rings. The second-order valence-corrected chi connectivity index (χ2v) is 4.69. The first-order valence-corrected chi connectivity index (χ1v) is 5.67. The van der Waals surface area contributed by atoms with E-state index in [9.17, 15) is 4.79 Å². The third-order valence-corrected chi connectivity index (χ3v) is 2.31. The number of rotatable bonds is 4. The Morgan fingerprint density at radius 1 is 1.33 bits per heavy atom. The van der Waals surface area contributed by atoms with Crippen LogP contribution in [0, 0.1) is 5.92 Å². The Labute approximate surface area is 98.4 Å². The number of hydrogen-bond donors (Lipinski definition) is 2. The summed E-state index contributed by atoms with van der Waals surface area (Å²) < 4.78 is 1.02. The standard InChI is InChI=1S/C11H15BrN2O/c1-8(2)7-11(15)14-13-10-5-3-9(12)4-6-10/h3-6,8,13H,7H2,1-2H3,(H,14,15). The third kappa shape index (κ3) is 4.83. The van der Waals surface area contributed by atoms with Crippen LogP contribution in [-0.4, -0.2) is 5.91 Å². The molecule has 3 nitrogen and oxygen atoms in total. The minimum Gasteiger partial charge on any atom is -0.299 e. The highest BCUT2D eigenvalue weighted by atomic mass is 79.9. The molecule has 0 fully saturated rings. The molecule has 0 saturated heterocycles. The highest BCUT2D eigenvalue weighted by Crippen LogP contribution is 2.13. The Kier molecular flexibility index (Phi) is 4.62. The van der Waals surface area contributed by atoms with Gasteiger partial charge in [-0.3, -0.25) is 15.6 Å². The summed E-state index contributed by atoms with van der Waals surface area (Å²) in [5, 5.41) is 0. The minimum absolute atomic E-state index is 0.00733. The maximum absolute atomic E-state index is 11.3. The minimum atomic E-state index is 0.00733. The van der Waals surface area contributed by atoms with E-state index in [1.165, 1.54) is 0 Å². The topological polar surface area (TPSA) is 41.1 Å². The summed E-state index contributed by atoms with van der Waals surface area (Å²) in [5.74, 6) is 0.379. The van der Waals surface area contributed by atoms with Crippen LogP contribution in [0.5, 0.6) is 0 Å². The lowest BCUT2D eigenvalue weighted by Gasteiger charge is -2.09. The lowest BCUT2D eigenvalue weighted by Crippen LogP contribution is -2.30. The molecule has 0 aromatic heterocycles. The summed E-state index contributed by atoms with van der Waals surface area (Å²) in [7, 11) is 0. The van der Waals surface area contributed by atoms with E-state index in [4.69, 9.17) is 0 Å². The lowest BCUT2D eigenvalue weighted by atomic mass is 10.1. The quantitative estimate of drug-likeness (QED) is 0.827. The summed E-state index contributed by atoms with van der Waals surface area (Å²) in [4.78, 5) is 11.3. The number of carbonyl (C=O) groups is 1. The van der Waals surface area contributed by atoms with Gasteiger partial charge in [0.2, 0.25) is 5.91 Å². The number of benzene rings is 1. The van der Waals surface area contributed by atoms with Crippen molar-refractivity contribution in [2.75, 3.05) is 5.43 Å². The van der Waals surface area contributed by atoms with Crippen LogP contribution in [0.4, 0.5) is 5.69 Å². The zero-order chi connectivity index (χ0) is 11.3. The van der Waals surface area contributed by atoms with Crippen molar-refractivity contribution in [3.8, 4) is 0 Å². The molecule has 0 saturated carbocycles. The van der Waals surface area contributed by atoms with E-state index < -0.39 is 0 Å². The van der Waals surface area contributed by atoms with E-state index >= 15 is 0 Å². The van der Waals surface area contributed by atoms with E-state index in [2.05, 4.69) is 26.8 Å². The molecule has 0 aliphatic carbocycles. The van der Waals surface area contributed by atoms with E-state index in [1.54, 1.807) is 0 Å². The third-order valence-electron chi connectivity index (χ3n) is 1.78. The van der Waals surface area contributed by atoms with Crippen molar-refractivity contribution in [1.82, 2.24) is 5.43 Å². The molecule has 0 bridgehead atoms. The van der Waals surface area contributed by atoms with E-state index in [0.29, 0.717) is 12.3 Å². The summed E-state index contributed by atoms with van der Waals surface area (Å²) in [6.07, 6.45) is 0.531. The van der Waals surface area contributed by atoms with Gasteiger partial charge in [0.25, 0.3) is 0 Å². The fourth-order valence-electron chi connectivity index (χ4n) is 1.10. The van der Waals surface area contributed by atoms with Gasteiger partial charge in [-0.15, -0.1) is 0 Å². The van der Waals surface area contributed by atoms with Crippen molar-refractivity contribution >= 4 is 27.5 Å². The number of carbonyl (C=O) groups excluding carboxylic acids is 1. The Morgan fingerprint density at radius 3 is 2.47 bits per heavy atom. The largest absolute Gasteiger partial charge is 0.299 e. The summed E-state index contributed by atoms with van der Waals surface area (Å²) in [5.41, 5.74) is 6.37. The monoisotopic (exact) mass is 270 g/mol. The molecule has 0 aliphatic rings. The molecule has 82 valence electrons. The Balaban J connectivity index is 2.37. The highest BCUT2D eigenvalue weighted by Gasteiger charge is 2.03. The van der Waals surface area contributed by atoms with Gasteiger partial charge in [0.15, 0.2) is 0 Å². The molecule has 0 spiro atoms. The average Bonchev–Trinajstić information content (AvgIpc) is 2.16. The molecule has 1 rings (SSSR count). The number of hydrogen-bond acceptors (Lipinski definition) is 2. The molecule has 1 aromatic carbocycles. The average molecular weight is 271 g/mol. The molecular formula is C11H15BrN2O. The van der Waals surface area contributed by atoms with Crippen LogP contribution in [0.25, 0.3) is 0 Å². The van der Waals surface area contributed by atoms with Crippen LogP contribution in [-0.2, 0) is 4.79 Å². The fraction of sp³-hybridized carbons (Fsp3) is 0.364. The first-order chi connectivity index (χ1) is 7.08. The fourth-order valence-corrected chi connectivity index (χ4v) is 1.36. The van der Waals surface area contributed by atoms with Crippen molar-refractivity contribution in [2.45, 2.75) is 20.3 Å². The van der Waals surface area contributed by atoms with Gasteiger partial charge in [-0.1, -0.05) is 29.8 Å². The molecule has 4 heteroatoms. The zero-order valence-electron chi connectivity index (χ0n) is 8.88. The van der Waals surface area contributed by atoms with Crippen LogP contribution in [0.2, 0.25) is 0 Å². The predicted octanol–water partition coefficient (Wildman–Crippen LogP) is 2.94. The molecule has 1 amide bonds. The summed E-state index contributed by atoms with van der Waals surface area (Å²) in [6.45, 7) is 4.03. The molecule has 0 unspecified atom stereocenters. The number of hydrazine groups is 1. The Bertz CT molecular complexity index is 322. The second-order valence-electron chi connectivity index (χ2n) is 3.78. The molecule has 2 N–H and O–H groups in total. The van der Waals surface area contributed by atoms with Gasteiger partial charge >= 0.3 is 0 Å². The predicted molar refractivity (Wildman–Crippen MR) is 65.4 cm³/mol. The molecule has 0 radical (unpaired) electrons. The van der Waals surface area contributed by atoms with E-state index in [0.717, 1.165) is 10.2 Å². The van der Waals surface area contributed by atoms with Crippen molar-refractivity contribution in [3.63, 3.8) is 0 Å². The molecular weight excluding hydrogens is 256 g/mol. The van der Waals surface area contributed by atoms with Gasteiger partial charge in [-0.05, 0) is 30.2 Å².